The van der Waals surface area contributed by atoms with Crippen LogP contribution in [-0.4, -0.2) is 26.2 Å². The van der Waals surface area contributed by atoms with Crippen LogP contribution in [0.25, 0.3) is 0 Å². The zero-order chi connectivity index (χ0) is 18.0. The first-order chi connectivity index (χ1) is 11.9. The highest BCUT2D eigenvalue weighted by Crippen LogP contribution is 2.40. The number of ether oxygens (including phenoxy) is 3. The second kappa shape index (κ2) is 6.67. The molecule has 0 radical (unpaired) electrons. The lowest BCUT2D eigenvalue weighted by atomic mass is 9.87. The van der Waals surface area contributed by atoms with Gasteiger partial charge in [0.1, 0.15) is 13.2 Å². The molecular formula is C20H23NO4. The van der Waals surface area contributed by atoms with Crippen LogP contribution in [0.5, 0.6) is 17.2 Å². The Morgan fingerprint density at radius 1 is 1.08 bits per heavy atom. The van der Waals surface area contributed by atoms with Crippen molar-refractivity contribution in [2.75, 3.05) is 25.6 Å². The van der Waals surface area contributed by atoms with E-state index in [9.17, 15) is 4.79 Å². The van der Waals surface area contributed by atoms with Crippen molar-refractivity contribution in [3.8, 4) is 17.2 Å². The number of carbonyl (C=O) groups excluding carboxylic acids is 1. The van der Waals surface area contributed by atoms with Gasteiger partial charge in [-0.05, 0) is 35.2 Å². The van der Waals surface area contributed by atoms with Crippen LogP contribution in [0.4, 0.5) is 5.69 Å². The maximum Gasteiger partial charge on any atom is 0.255 e. The van der Waals surface area contributed by atoms with Gasteiger partial charge in [-0.1, -0.05) is 32.9 Å². The van der Waals surface area contributed by atoms with Gasteiger partial charge in [0.15, 0.2) is 11.5 Å². The van der Waals surface area contributed by atoms with E-state index < -0.39 is 0 Å². The first-order valence-electron chi connectivity index (χ1n) is 8.28. The van der Waals surface area contributed by atoms with Crippen LogP contribution in [-0.2, 0) is 5.41 Å². The Balaban J connectivity index is 1.81. The molecule has 0 atom stereocenters. The minimum atomic E-state index is -0.223. The van der Waals surface area contributed by atoms with Crippen molar-refractivity contribution >= 4 is 11.6 Å². The highest BCUT2D eigenvalue weighted by molar-refractivity contribution is 6.05. The molecule has 3 rings (SSSR count). The van der Waals surface area contributed by atoms with Crippen molar-refractivity contribution in [1.82, 2.24) is 0 Å². The van der Waals surface area contributed by atoms with Crippen LogP contribution < -0.4 is 19.5 Å². The van der Waals surface area contributed by atoms with E-state index in [-0.39, 0.29) is 11.3 Å². The Hall–Kier alpha value is -2.69. The Labute approximate surface area is 147 Å². The van der Waals surface area contributed by atoms with Crippen LogP contribution in [0.15, 0.2) is 36.4 Å². The molecule has 0 bridgehead atoms. The normalized spacial score (nSPS) is 13.3. The van der Waals surface area contributed by atoms with Gasteiger partial charge in [0.25, 0.3) is 5.91 Å². The molecular weight excluding hydrogens is 318 g/mol. The van der Waals surface area contributed by atoms with Crippen molar-refractivity contribution in [2.45, 2.75) is 26.2 Å². The molecule has 1 aliphatic heterocycles. The minimum absolute atomic E-state index is 0.0751. The van der Waals surface area contributed by atoms with Crippen LogP contribution in [0.2, 0.25) is 0 Å². The van der Waals surface area contributed by atoms with E-state index in [4.69, 9.17) is 14.2 Å². The number of hydrogen-bond donors (Lipinski definition) is 1. The summed E-state index contributed by atoms with van der Waals surface area (Å²) in [6.07, 6.45) is 0. The minimum Gasteiger partial charge on any atom is -0.493 e. The summed E-state index contributed by atoms with van der Waals surface area (Å²) in [7, 11) is 1.54. The van der Waals surface area contributed by atoms with Crippen LogP contribution in [0, 0.1) is 0 Å². The second-order valence-electron chi connectivity index (χ2n) is 6.98. The molecule has 5 nitrogen and oxygen atoms in total. The Morgan fingerprint density at radius 3 is 2.40 bits per heavy atom. The highest BCUT2D eigenvalue weighted by atomic mass is 16.6. The number of nitrogens with one attached hydrogen (secondary N) is 1. The molecule has 0 saturated heterocycles. The third-order valence-electron chi connectivity index (χ3n) is 4.10. The average Bonchev–Trinajstić information content (AvgIpc) is 2.60. The van der Waals surface area contributed by atoms with Crippen LogP contribution >= 0.6 is 0 Å². The van der Waals surface area contributed by atoms with Crippen molar-refractivity contribution in [1.29, 1.82) is 0 Å². The Kier molecular flexibility index (Phi) is 4.57. The molecule has 1 N–H and O–H groups in total. The molecule has 132 valence electrons. The van der Waals surface area contributed by atoms with Crippen molar-refractivity contribution in [3.63, 3.8) is 0 Å². The lowest BCUT2D eigenvalue weighted by molar-refractivity contribution is 0.102. The first-order valence-corrected chi connectivity index (χ1v) is 8.28. The van der Waals surface area contributed by atoms with Crippen LogP contribution in [0.1, 0.15) is 36.7 Å². The molecule has 2 aromatic carbocycles. The first kappa shape index (κ1) is 17.1. The van der Waals surface area contributed by atoms with Gasteiger partial charge >= 0.3 is 0 Å². The summed E-state index contributed by atoms with van der Waals surface area (Å²) in [5, 5.41) is 2.90. The molecule has 25 heavy (non-hydrogen) atoms. The predicted octanol–water partition coefficient (Wildman–Crippen LogP) is 4.02. The molecule has 0 aliphatic carbocycles. The number of methoxy groups -OCH3 is 1. The molecule has 5 heteroatoms. The van der Waals surface area contributed by atoms with Crippen molar-refractivity contribution in [3.05, 3.63) is 47.5 Å². The van der Waals surface area contributed by atoms with Gasteiger partial charge < -0.3 is 19.5 Å². The molecule has 2 aromatic rings. The monoisotopic (exact) mass is 341 g/mol. The fraction of sp³-hybridized carbons (Fsp3) is 0.350. The summed E-state index contributed by atoms with van der Waals surface area (Å²) >= 11 is 0. The lowest BCUT2D eigenvalue weighted by Crippen LogP contribution is -2.18. The SMILES string of the molecule is COc1cc(C(=O)Nc2ccc(C(C)(C)C)cc2)cc2c1OCCO2. The van der Waals surface area contributed by atoms with Crippen molar-refractivity contribution in [2.24, 2.45) is 0 Å². The van der Waals surface area contributed by atoms with Crippen molar-refractivity contribution < 1.29 is 19.0 Å². The summed E-state index contributed by atoms with van der Waals surface area (Å²) in [6.45, 7) is 7.39. The summed E-state index contributed by atoms with van der Waals surface area (Å²) < 4.78 is 16.5. The van der Waals surface area contributed by atoms with Gasteiger partial charge in [0, 0.05) is 11.3 Å². The summed E-state index contributed by atoms with van der Waals surface area (Å²) in [6, 6.07) is 11.2. The summed E-state index contributed by atoms with van der Waals surface area (Å²) in [4.78, 5) is 12.6. The maximum absolute atomic E-state index is 12.6. The van der Waals surface area contributed by atoms with E-state index in [0.29, 0.717) is 36.0 Å². The number of rotatable bonds is 3. The fourth-order valence-corrected chi connectivity index (χ4v) is 2.66. The van der Waals surface area contributed by atoms with Gasteiger partial charge in [-0.25, -0.2) is 0 Å². The smallest absolute Gasteiger partial charge is 0.255 e. The molecule has 0 unspecified atom stereocenters. The van der Waals surface area contributed by atoms with E-state index in [1.54, 1.807) is 19.2 Å². The van der Waals surface area contributed by atoms with E-state index >= 15 is 0 Å². The maximum atomic E-state index is 12.6. The number of hydrogen-bond acceptors (Lipinski definition) is 4. The molecule has 1 aliphatic rings. The van der Waals surface area contributed by atoms with Gasteiger partial charge in [0.05, 0.1) is 7.11 Å². The number of benzene rings is 2. The number of amides is 1. The van der Waals surface area contributed by atoms with Crippen LogP contribution in [0.3, 0.4) is 0 Å². The van der Waals surface area contributed by atoms with E-state index in [2.05, 4.69) is 26.1 Å². The Morgan fingerprint density at radius 2 is 1.76 bits per heavy atom. The molecule has 1 amide bonds. The van der Waals surface area contributed by atoms with E-state index in [1.807, 2.05) is 24.3 Å². The molecule has 1 heterocycles. The van der Waals surface area contributed by atoms with E-state index in [1.165, 1.54) is 5.56 Å². The molecule has 0 fully saturated rings. The third kappa shape index (κ3) is 3.71. The topological polar surface area (TPSA) is 56.8 Å². The quantitative estimate of drug-likeness (QED) is 0.916. The van der Waals surface area contributed by atoms with Gasteiger partial charge in [-0.2, -0.15) is 0 Å². The number of anilines is 1. The van der Waals surface area contributed by atoms with Gasteiger partial charge in [-0.3, -0.25) is 4.79 Å². The third-order valence-corrected chi connectivity index (χ3v) is 4.10. The number of carbonyl (C=O) groups is 1. The predicted molar refractivity (Wildman–Crippen MR) is 97.1 cm³/mol. The highest BCUT2D eigenvalue weighted by Gasteiger charge is 2.21. The number of fused-ring (bicyclic) bond motifs is 1. The standard InChI is InChI=1S/C20H23NO4/c1-20(2,3)14-5-7-15(8-6-14)21-19(22)13-11-16(23-4)18-17(12-13)24-9-10-25-18/h5-8,11-12H,9-10H2,1-4H3,(H,21,22). The largest absolute Gasteiger partial charge is 0.493 e. The Bertz CT molecular complexity index is 758. The van der Waals surface area contributed by atoms with Gasteiger partial charge in [-0.15, -0.1) is 0 Å². The molecule has 0 aromatic heterocycles. The average molecular weight is 341 g/mol. The molecule has 0 saturated carbocycles. The van der Waals surface area contributed by atoms with E-state index in [0.717, 1.165) is 5.69 Å². The van der Waals surface area contributed by atoms with Gasteiger partial charge in [0.2, 0.25) is 5.75 Å². The lowest BCUT2D eigenvalue weighted by Gasteiger charge is -2.21. The zero-order valence-electron chi connectivity index (χ0n) is 15.0. The fourth-order valence-electron chi connectivity index (χ4n) is 2.66. The zero-order valence-corrected chi connectivity index (χ0v) is 15.0. The summed E-state index contributed by atoms with van der Waals surface area (Å²) in [5.41, 5.74) is 2.49. The summed E-state index contributed by atoms with van der Waals surface area (Å²) in [5.74, 6) is 1.34. The molecule has 0 spiro atoms. The second-order valence-corrected chi connectivity index (χ2v) is 6.98.